The average Bonchev–Trinajstić information content (AvgIpc) is 2.85. The Balaban J connectivity index is 2.20. The Kier molecular flexibility index (Phi) is 4.79. The smallest absolute Gasteiger partial charge is 0.243 e. The van der Waals surface area contributed by atoms with Gasteiger partial charge in [-0.2, -0.15) is 16.7 Å². The lowest BCUT2D eigenvalue weighted by Gasteiger charge is -2.03. The molecule has 102 valence electrons. The molecule has 7 heteroatoms. The maximum Gasteiger partial charge on any atom is 0.243 e. The topological polar surface area (TPSA) is 64.9 Å². The van der Waals surface area contributed by atoms with Gasteiger partial charge in [-0.15, -0.1) is 0 Å². The first-order chi connectivity index (χ1) is 9.11. The van der Waals surface area contributed by atoms with Crippen molar-refractivity contribution >= 4 is 23.4 Å². The van der Waals surface area contributed by atoms with Crippen LogP contribution < -0.4 is 5.73 Å². The van der Waals surface area contributed by atoms with Crippen LogP contribution in [-0.2, 0) is 0 Å². The summed E-state index contributed by atoms with van der Waals surface area (Å²) in [6.07, 6.45) is 2.75. The molecule has 0 saturated heterocycles. The number of hydrogen-bond donors (Lipinski definition) is 1. The van der Waals surface area contributed by atoms with Crippen molar-refractivity contribution in [2.24, 2.45) is 5.73 Å². The molecule has 0 aliphatic heterocycles. The molecule has 19 heavy (non-hydrogen) atoms. The molecule has 2 rings (SSSR count). The zero-order valence-electron chi connectivity index (χ0n) is 10.3. The van der Waals surface area contributed by atoms with E-state index in [4.69, 9.17) is 21.9 Å². The highest BCUT2D eigenvalue weighted by Gasteiger charge is 2.17. The highest BCUT2D eigenvalue weighted by Crippen LogP contribution is 2.27. The van der Waals surface area contributed by atoms with Crippen molar-refractivity contribution < 1.29 is 8.91 Å². The van der Waals surface area contributed by atoms with Crippen molar-refractivity contribution in [2.75, 3.05) is 12.0 Å². The van der Waals surface area contributed by atoms with Crippen molar-refractivity contribution in [1.29, 1.82) is 0 Å². The molecular formula is C12H13ClFN3OS. The van der Waals surface area contributed by atoms with E-state index in [-0.39, 0.29) is 11.1 Å². The van der Waals surface area contributed by atoms with E-state index in [1.165, 1.54) is 18.2 Å². The van der Waals surface area contributed by atoms with E-state index in [0.29, 0.717) is 17.3 Å². The molecule has 0 fully saturated rings. The monoisotopic (exact) mass is 301 g/mol. The van der Waals surface area contributed by atoms with Gasteiger partial charge in [0.05, 0.1) is 11.1 Å². The van der Waals surface area contributed by atoms with Crippen molar-refractivity contribution in [1.82, 2.24) is 10.1 Å². The summed E-state index contributed by atoms with van der Waals surface area (Å²) in [5.74, 6) is 1.19. The van der Waals surface area contributed by atoms with Crippen LogP contribution in [0.4, 0.5) is 4.39 Å². The Hall–Kier alpha value is -1.11. The predicted octanol–water partition coefficient (Wildman–Crippen LogP) is 3.28. The Morgan fingerprint density at radius 1 is 1.53 bits per heavy atom. The molecule has 0 saturated carbocycles. The number of thioether (sulfide) groups is 1. The van der Waals surface area contributed by atoms with E-state index >= 15 is 0 Å². The number of rotatable bonds is 5. The lowest BCUT2D eigenvalue weighted by Crippen LogP contribution is -2.11. The first-order valence-corrected chi connectivity index (χ1v) is 7.42. The third-order valence-electron chi connectivity index (χ3n) is 2.56. The Bertz CT molecular complexity index is 564. The molecular weight excluding hydrogens is 289 g/mol. The minimum Gasteiger partial charge on any atom is -0.337 e. The first-order valence-electron chi connectivity index (χ1n) is 5.65. The molecule has 0 unspecified atom stereocenters. The van der Waals surface area contributed by atoms with Gasteiger partial charge < -0.3 is 10.3 Å². The minimum atomic E-state index is -0.408. The van der Waals surface area contributed by atoms with E-state index in [1.807, 2.05) is 6.26 Å². The summed E-state index contributed by atoms with van der Waals surface area (Å²) in [6, 6.07) is 3.72. The van der Waals surface area contributed by atoms with E-state index in [2.05, 4.69) is 10.1 Å². The molecule has 4 nitrogen and oxygen atoms in total. The summed E-state index contributed by atoms with van der Waals surface area (Å²) in [4.78, 5) is 4.20. The van der Waals surface area contributed by atoms with Gasteiger partial charge in [-0.1, -0.05) is 16.8 Å². The Morgan fingerprint density at radius 2 is 2.32 bits per heavy atom. The van der Waals surface area contributed by atoms with Crippen molar-refractivity contribution in [3.8, 4) is 11.4 Å². The van der Waals surface area contributed by atoms with Gasteiger partial charge in [0.15, 0.2) is 0 Å². The maximum atomic E-state index is 13.0. The van der Waals surface area contributed by atoms with Gasteiger partial charge in [-0.3, -0.25) is 0 Å². The summed E-state index contributed by atoms with van der Waals surface area (Å²) in [7, 11) is 0. The van der Waals surface area contributed by atoms with E-state index in [1.54, 1.807) is 11.8 Å². The summed E-state index contributed by atoms with van der Waals surface area (Å²) < 4.78 is 18.1. The number of aromatic nitrogens is 2. The fourth-order valence-electron chi connectivity index (χ4n) is 1.53. The first kappa shape index (κ1) is 14.3. The summed E-state index contributed by atoms with van der Waals surface area (Å²) in [5.41, 5.74) is 6.46. The summed E-state index contributed by atoms with van der Waals surface area (Å²) in [5, 5.41) is 4.07. The summed E-state index contributed by atoms with van der Waals surface area (Å²) in [6.45, 7) is 0. The third-order valence-corrected chi connectivity index (χ3v) is 3.52. The molecule has 1 heterocycles. The van der Waals surface area contributed by atoms with Gasteiger partial charge in [-0.25, -0.2) is 4.39 Å². The number of nitrogens with two attached hydrogens (primary N) is 1. The fraction of sp³-hybridized carbons (Fsp3) is 0.333. The fourth-order valence-corrected chi connectivity index (χ4v) is 2.28. The zero-order chi connectivity index (χ0) is 13.8. The van der Waals surface area contributed by atoms with Crippen LogP contribution in [0.2, 0.25) is 5.02 Å². The summed E-state index contributed by atoms with van der Waals surface area (Å²) >= 11 is 7.64. The molecule has 0 bridgehead atoms. The molecule has 0 spiro atoms. The molecule has 1 atom stereocenters. The highest BCUT2D eigenvalue weighted by atomic mass is 35.5. The molecule has 0 aliphatic rings. The van der Waals surface area contributed by atoms with Crippen molar-refractivity contribution in [3.63, 3.8) is 0 Å². The van der Waals surface area contributed by atoms with Gasteiger partial charge in [0, 0.05) is 5.56 Å². The second-order valence-electron chi connectivity index (χ2n) is 3.97. The van der Waals surface area contributed by atoms with Gasteiger partial charge >= 0.3 is 0 Å². The quantitative estimate of drug-likeness (QED) is 0.918. The van der Waals surface area contributed by atoms with Crippen LogP contribution in [0.5, 0.6) is 0 Å². The maximum absolute atomic E-state index is 13.0. The molecule has 0 radical (unpaired) electrons. The zero-order valence-corrected chi connectivity index (χ0v) is 11.8. The van der Waals surface area contributed by atoms with Crippen LogP contribution in [0.3, 0.4) is 0 Å². The van der Waals surface area contributed by atoms with Crippen LogP contribution >= 0.6 is 23.4 Å². The average molecular weight is 302 g/mol. The van der Waals surface area contributed by atoms with E-state index in [0.717, 1.165) is 12.2 Å². The number of hydrogen-bond acceptors (Lipinski definition) is 5. The second-order valence-corrected chi connectivity index (χ2v) is 5.36. The Labute approximate surface area is 119 Å². The normalized spacial score (nSPS) is 12.6. The van der Waals surface area contributed by atoms with Crippen LogP contribution in [0.25, 0.3) is 11.4 Å². The van der Waals surface area contributed by atoms with Crippen LogP contribution in [-0.4, -0.2) is 22.1 Å². The van der Waals surface area contributed by atoms with Crippen LogP contribution in [0, 0.1) is 5.82 Å². The largest absolute Gasteiger partial charge is 0.337 e. The molecule has 0 amide bonds. The number of nitrogens with zero attached hydrogens (tertiary/aromatic N) is 2. The SMILES string of the molecule is CSCC[C@H](N)c1nc(-c2ccc(F)cc2Cl)no1. The molecule has 1 aromatic carbocycles. The van der Waals surface area contributed by atoms with Crippen LogP contribution in [0.1, 0.15) is 18.4 Å². The second kappa shape index (κ2) is 6.36. The van der Waals surface area contributed by atoms with E-state index in [9.17, 15) is 4.39 Å². The lowest BCUT2D eigenvalue weighted by atomic mass is 10.2. The third kappa shape index (κ3) is 3.46. The van der Waals surface area contributed by atoms with Gasteiger partial charge in [0.2, 0.25) is 11.7 Å². The predicted molar refractivity (Wildman–Crippen MR) is 74.6 cm³/mol. The van der Waals surface area contributed by atoms with Crippen LogP contribution in [0.15, 0.2) is 22.7 Å². The van der Waals surface area contributed by atoms with Crippen molar-refractivity contribution in [2.45, 2.75) is 12.5 Å². The van der Waals surface area contributed by atoms with Crippen molar-refractivity contribution in [3.05, 3.63) is 34.9 Å². The molecule has 2 N–H and O–H groups in total. The minimum absolute atomic E-state index is 0.241. The van der Waals surface area contributed by atoms with Gasteiger partial charge in [-0.05, 0) is 36.6 Å². The van der Waals surface area contributed by atoms with Gasteiger partial charge in [0.1, 0.15) is 5.82 Å². The standard InChI is InChI=1S/C12H13ClFN3OS/c1-19-5-4-10(15)12-16-11(17-18-12)8-3-2-7(14)6-9(8)13/h2-3,6,10H,4-5,15H2,1H3/t10-/m0/s1. The number of halogens is 2. The number of benzene rings is 1. The molecule has 2 aromatic rings. The molecule has 1 aromatic heterocycles. The lowest BCUT2D eigenvalue weighted by molar-refractivity contribution is 0.353. The highest BCUT2D eigenvalue weighted by molar-refractivity contribution is 7.98. The molecule has 0 aliphatic carbocycles. The van der Waals surface area contributed by atoms with E-state index < -0.39 is 5.82 Å². The van der Waals surface area contributed by atoms with Gasteiger partial charge in [0.25, 0.3) is 0 Å². The Morgan fingerprint density at radius 3 is 3.00 bits per heavy atom.